The maximum atomic E-state index is 11.9. The van der Waals surface area contributed by atoms with Gasteiger partial charge in [0, 0.05) is 13.0 Å². The highest BCUT2D eigenvalue weighted by Crippen LogP contribution is 2.26. The lowest BCUT2D eigenvalue weighted by Gasteiger charge is -2.26. The monoisotopic (exact) mass is 326 g/mol. The van der Waals surface area contributed by atoms with Crippen LogP contribution in [0.5, 0.6) is 0 Å². The van der Waals surface area contributed by atoms with Crippen molar-refractivity contribution in [1.29, 1.82) is 0 Å². The van der Waals surface area contributed by atoms with Crippen LogP contribution in [-0.2, 0) is 14.4 Å². The molecule has 3 N–H and O–H groups in total. The molecule has 1 rings (SSSR count). The van der Waals surface area contributed by atoms with E-state index in [0.717, 1.165) is 12.8 Å². The van der Waals surface area contributed by atoms with Crippen LogP contribution < -0.4 is 10.6 Å². The van der Waals surface area contributed by atoms with Crippen LogP contribution in [0.3, 0.4) is 0 Å². The number of carboxylic acid groups (broad SMARTS) is 1. The highest BCUT2D eigenvalue weighted by atomic mass is 16.4. The van der Waals surface area contributed by atoms with E-state index in [9.17, 15) is 19.5 Å². The molecule has 0 aromatic rings. The average Bonchev–Trinajstić information content (AvgIpc) is 2.55. The first-order valence-electron chi connectivity index (χ1n) is 8.70. The van der Waals surface area contributed by atoms with Gasteiger partial charge < -0.3 is 15.7 Å². The highest BCUT2D eigenvalue weighted by molar-refractivity contribution is 5.85. The topological polar surface area (TPSA) is 95.5 Å². The van der Waals surface area contributed by atoms with Crippen LogP contribution >= 0.6 is 0 Å². The Morgan fingerprint density at radius 2 is 1.61 bits per heavy atom. The lowest BCUT2D eigenvalue weighted by molar-refractivity contribution is -0.149. The quantitative estimate of drug-likeness (QED) is 0.604. The molecule has 1 saturated carbocycles. The molecule has 1 fully saturated rings. The van der Waals surface area contributed by atoms with Crippen molar-refractivity contribution in [3.05, 3.63) is 0 Å². The zero-order valence-corrected chi connectivity index (χ0v) is 14.3. The second-order valence-corrected chi connectivity index (χ2v) is 6.55. The molecule has 0 saturated heterocycles. The maximum Gasteiger partial charge on any atom is 0.311 e. The predicted octanol–water partition coefficient (Wildman–Crippen LogP) is 2.08. The van der Waals surface area contributed by atoms with E-state index in [1.165, 1.54) is 19.3 Å². The van der Waals surface area contributed by atoms with Gasteiger partial charge in [0.15, 0.2) is 0 Å². The van der Waals surface area contributed by atoms with E-state index in [0.29, 0.717) is 25.2 Å². The van der Waals surface area contributed by atoms with Gasteiger partial charge in [-0.2, -0.15) is 0 Å². The number of hydrogen-bond donors (Lipinski definition) is 3. The van der Waals surface area contributed by atoms with E-state index in [2.05, 4.69) is 10.6 Å². The van der Waals surface area contributed by atoms with Crippen molar-refractivity contribution in [2.75, 3.05) is 13.1 Å². The summed E-state index contributed by atoms with van der Waals surface area (Å²) in [6.45, 7) is 3.60. The standard InChI is InChI=1S/C17H30N2O4/c1-3-17(4-2,16(22)23)12-19-15(21)11-18-14(20)10-13-8-6-5-7-9-13/h13H,3-12H2,1-2H3,(H,18,20)(H,19,21)(H,22,23). The van der Waals surface area contributed by atoms with Crippen molar-refractivity contribution in [2.45, 2.75) is 65.2 Å². The first kappa shape index (κ1) is 19.5. The third-order valence-corrected chi connectivity index (χ3v) is 5.08. The van der Waals surface area contributed by atoms with Gasteiger partial charge in [-0.05, 0) is 31.6 Å². The SMILES string of the molecule is CCC(CC)(CNC(=O)CNC(=O)CC1CCCCC1)C(=O)O. The lowest BCUT2D eigenvalue weighted by Crippen LogP contribution is -2.45. The molecule has 0 radical (unpaired) electrons. The van der Waals surface area contributed by atoms with Crippen LogP contribution in [0, 0.1) is 11.3 Å². The van der Waals surface area contributed by atoms with Crippen molar-refractivity contribution in [1.82, 2.24) is 10.6 Å². The molecular formula is C17H30N2O4. The molecule has 0 bridgehead atoms. The van der Waals surface area contributed by atoms with Crippen LogP contribution in [0.25, 0.3) is 0 Å². The zero-order chi connectivity index (χ0) is 17.3. The zero-order valence-electron chi connectivity index (χ0n) is 14.3. The minimum atomic E-state index is -0.929. The highest BCUT2D eigenvalue weighted by Gasteiger charge is 2.35. The summed E-state index contributed by atoms with van der Waals surface area (Å²) in [6.07, 6.45) is 7.19. The molecule has 0 aromatic heterocycles. The Labute approximate surface area is 138 Å². The van der Waals surface area contributed by atoms with Crippen LogP contribution in [0.2, 0.25) is 0 Å². The normalized spacial score (nSPS) is 15.9. The average molecular weight is 326 g/mol. The molecule has 0 aromatic carbocycles. The van der Waals surface area contributed by atoms with Gasteiger partial charge in [0.2, 0.25) is 11.8 Å². The number of carbonyl (C=O) groups is 3. The molecule has 2 amide bonds. The van der Waals surface area contributed by atoms with Crippen molar-refractivity contribution in [3.8, 4) is 0 Å². The molecule has 0 atom stereocenters. The molecule has 1 aliphatic rings. The molecule has 6 nitrogen and oxygen atoms in total. The maximum absolute atomic E-state index is 11.9. The van der Waals surface area contributed by atoms with E-state index < -0.39 is 11.4 Å². The number of hydrogen-bond acceptors (Lipinski definition) is 3. The van der Waals surface area contributed by atoms with E-state index >= 15 is 0 Å². The van der Waals surface area contributed by atoms with Crippen molar-refractivity contribution in [3.63, 3.8) is 0 Å². The van der Waals surface area contributed by atoms with Crippen LogP contribution in [-0.4, -0.2) is 36.0 Å². The Bertz CT molecular complexity index is 413. The van der Waals surface area contributed by atoms with Gasteiger partial charge in [-0.3, -0.25) is 14.4 Å². The van der Waals surface area contributed by atoms with E-state index in [4.69, 9.17) is 0 Å². The smallest absolute Gasteiger partial charge is 0.311 e. The van der Waals surface area contributed by atoms with Gasteiger partial charge in [-0.15, -0.1) is 0 Å². The van der Waals surface area contributed by atoms with Crippen molar-refractivity contribution >= 4 is 17.8 Å². The fourth-order valence-electron chi connectivity index (χ4n) is 3.11. The number of aliphatic carboxylic acids is 1. The molecule has 23 heavy (non-hydrogen) atoms. The molecule has 132 valence electrons. The summed E-state index contributed by atoms with van der Waals surface area (Å²) in [7, 11) is 0. The Morgan fingerprint density at radius 3 is 2.13 bits per heavy atom. The number of amides is 2. The van der Waals surface area contributed by atoms with Gasteiger partial charge in [0.1, 0.15) is 0 Å². The molecule has 1 aliphatic carbocycles. The van der Waals surface area contributed by atoms with E-state index in [-0.39, 0.29) is 24.9 Å². The largest absolute Gasteiger partial charge is 0.481 e. The summed E-state index contributed by atoms with van der Waals surface area (Å²) in [4.78, 5) is 35.0. The van der Waals surface area contributed by atoms with Crippen molar-refractivity contribution < 1.29 is 19.5 Å². The Kier molecular flexibility index (Phi) is 8.06. The van der Waals surface area contributed by atoms with Crippen LogP contribution in [0.15, 0.2) is 0 Å². The van der Waals surface area contributed by atoms with Crippen LogP contribution in [0.4, 0.5) is 0 Å². The fourth-order valence-corrected chi connectivity index (χ4v) is 3.11. The van der Waals surface area contributed by atoms with Gasteiger partial charge >= 0.3 is 5.97 Å². The number of nitrogens with one attached hydrogen (secondary N) is 2. The van der Waals surface area contributed by atoms with Gasteiger partial charge in [0.25, 0.3) is 0 Å². The number of rotatable bonds is 9. The Morgan fingerprint density at radius 1 is 1.00 bits per heavy atom. The van der Waals surface area contributed by atoms with Crippen molar-refractivity contribution in [2.24, 2.45) is 11.3 Å². The van der Waals surface area contributed by atoms with Gasteiger partial charge in [-0.1, -0.05) is 33.1 Å². The summed E-state index contributed by atoms with van der Waals surface area (Å²) < 4.78 is 0. The second kappa shape index (κ2) is 9.53. The summed E-state index contributed by atoms with van der Waals surface area (Å²) in [5.74, 6) is -0.896. The summed E-state index contributed by atoms with van der Waals surface area (Å²) in [6, 6.07) is 0. The third kappa shape index (κ3) is 6.20. The van der Waals surface area contributed by atoms with Crippen LogP contribution in [0.1, 0.15) is 65.2 Å². The Hall–Kier alpha value is -1.59. The fraction of sp³-hybridized carbons (Fsp3) is 0.824. The third-order valence-electron chi connectivity index (χ3n) is 5.08. The lowest BCUT2D eigenvalue weighted by atomic mass is 9.82. The second-order valence-electron chi connectivity index (χ2n) is 6.55. The summed E-state index contributed by atoms with van der Waals surface area (Å²) >= 11 is 0. The predicted molar refractivity (Wildman–Crippen MR) is 87.9 cm³/mol. The molecular weight excluding hydrogens is 296 g/mol. The van der Waals surface area contributed by atoms with E-state index in [1.54, 1.807) is 13.8 Å². The van der Waals surface area contributed by atoms with Gasteiger partial charge in [-0.25, -0.2) is 0 Å². The Balaban J connectivity index is 2.30. The number of carbonyl (C=O) groups excluding carboxylic acids is 2. The first-order valence-corrected chi connectivity index (χ1v) is 8.70. The van der Waals surface area contributed by atoms with Gasteiger partial charge in [0.05, 0.1) is 12.0 Å². The molecule has 6 heteroatoms. The summed E-state index contributed by atoms with van der Waals surface area (Å²) in [5.41, 5.74) is -0.929. The minimum absolute atomic E-state index is 0.0886. The molecule has 0 heterocycles. The number of carboxylic acids is 1. The first-order chi connectivity index (χ1) is 10.9. The molecule has 0 aliphatic heterocycles. The molecule has 0 spiro atoms. The molecule has 0 unspecified atom stereocenters. The van der Waals surface area contributed by atoms with E-state index in [1.807, 2.05) is 0 Å². The minimum Gasteiger partial charge on any atom is -0.481 e. The summed E-state index contributed by atoms with van der Waals surface area (Å²) in [5, 5.41) is 14.6.